The van der Waals surface area contributed by atoms with Gasteiger partial charge in [-0.15, -0.1) is 0 Å². The summed E-state index contributed by atoms with van der Waals surface area (Å²) in [7, 11) is 0. The molecule has 6 heteroatoms. The first-order chi connectivity index (χ1) is 10.6. The van der Waals surface area contributed by atoms with Gasteiger partial charge in [-0.1, -0.05) is 6.92 Å². The maximum Gasteiger partial charge on any atom is 0.306 e. The van der Waals surface area contributed by atoms with Crippen LogP contribution in [0.4, 0.5) is 0 Å². The van der Waals surface area contributed by atoms with Gasteiger partial charge in [0.25, 0.3) is 0 Å². The number of rotatable bonds is 4. The lowest BCUT2D eigenvalue weighted by molar-refractivity contribution is -0.143. The number of hydrogen-bond donors (Lipinski definition) is 2. The lowest BCUT2D eigenvalue weighted by atomic mass is 9.86. The average Bonchev–Trinajstić information content (AvgIpc) is 3.13. The third kappa shape index (κ3) is 2.65. The van der Waals surface area contributed by atoms with Crippen LogP contribution in [0.1, 0.15) is 50.2 Å². The predicted octanol–water partition coefficient (Wildman–Crippen LogP) is 2.96. The van der Waals surface area contributed by atoms with Crippen LogP contribution in [0.5, 0.6) is 0 Å². The maximum absolute atomic E-state index is 11.1. The Morgan fingerprint density at radius 2 is 2.14 bits per heavy atom. The van der Waals surface area contributed by atoms with E-state index < -0.39 is 5.97 Å². The van der Waals surface area contributed by atoms with E-state index in [0.717, 1.165) is 55.1 Å². The highest BCUT2D eigenvalue weighted by Gasteiger charge is 2.28. The second-order valence-electron chi connectivity index (χ2n) is 6.01. The molecule has 1 aliphatic carbocycles. The summed E-state index contributed by atoms with van der Waals surface area (Å²) in [5.74, 6) is 0.992. The van der Waals surface area contributed by atoms with Gasteiger partial charge in [0.15, 0.2) is 5.82 Å². The smallest absolute Gasteiger partial charge is 0.306 e. The molecule has 2 aromatic rings. The van der Waals surface area contributed by atoms with Crippen LogP contribution in [0.2, 0.25) is 0 Å². The van der Waals surface area contributed by atoms with E-state index in [9.17, 15) is 4.79 Å². The molecule has 0 aromatic carbocycles. The Bertz CT molecular complexity index is 665. The zero-order chi connectivity index (χ0) is 15.7. The van der Waals surface area contributed by atoms with Crippen LogP contribution in [0.3, 0.4) is 0 Å². The van der Waals surface area contributed by atoms with Crippen LogP contribution >= 0.6 is 0 Å². The summed E-state index contributed by atoms with van der Waals surface area (Å²) < 4.78 is 2.17. The topological polar surface area (TPSA) is 83.8 Å². The van der Waals surface area contributed by atoms with Gasteiger partial charge >= 0.3 is 5.97 Å². The number of aromatic nitrogens is 4. The number of aliphatic carboxylic acids is 1. The fourth-order valence-corrected chi connectivity index (χ4v) is 3.30. The fourth-order valence-electron chi connectivity index (χ4n) is 3.30. The minimum atomic E-state index is -0.667. The van der Waals surface area contributed by atoms with Gasteiger partial charge in [0, 0.05) is 30.6 Å². The van der Waals surface area contributed by atoms with Crippen molar-refractivity contribution in [1.82, 2.24) is 19.5 Å². The monoisotopic (exact) mass is 302 g/mol. The summed E-state index contributed by atoms with van der Waals surface area (Å²) in [6, 6.07) is 0.314. The van der Waals surface area contributed by atoms with Crippen molar-refractivity contribution in [2.75, 3.05) is 0 Å². The van der Waals surface area contributed by atoms with Crippen molar-refractivity contribution in [2.45, 2.75) is 52.0 Å². The molecule has 0 bridgehead atoms. The lowest BCUT2D eigenvalue weighted by Crippen LogP contribution is -2.23. The summed E-state index contributed by atoms with van der Waals surface area (Å²) in [6.07, 6.45) is 7.88. The number of H-pyrrole nitrogens is 1. The average molecular weight is 302 g/mol. The van der Waals surface area contributed by atoms with Crippen LogP contribution in [0, 0.1) is 12.8 Å². The van der Waals surface area contributed by atoms with Gasteiger partial charge in [-0.05, 0) is 32.6 Å². The molecule has 22 heavy (non-hydrogen) atoms. The van der Waals surface area contributed by atoms with Crippen molar-refractivity contribution in [2.24, 2.45) is 5.92 Å². The Balaban J connectivity index is 1.84. The second-order valence-corrected chi connectivity index (χ2v) is 6.01. The first-order valence-corrected chi connectivity index (χ1v) is 7.91. The van der Waals surface area contributed by atoms with Crippen LogP contribution in [-0.2, 0) is 11.2 Å². The molecule has 2 aromatic heterocycles. The van der Waals surface area contributed by atoms with Gasteiger partial charge in [0.2, 0.25) is 0 Å². The van der Waals surface area contributed by atoms with Crippen molar-refractivity contribution in [1.29, 1.82) is 0 Å². The van der Waals surface area contributed by atoms with Gasteiger partial charge < -0.3 is 14.7 Å². The standard InChI is InChI=1S/C16H22N4O2/c1-3-13-18-10(2)14(19-13)15-17-8-9-20(15)12-6-4-11(5-7-12)16(21)22/h8-9,11-12H,3-7H2,1-2H3,(H,18,19)(H,21,22). The van der Waals surface area contributed by atoms with E-state index in [1.807, 2.05) is 13.1 Å². The van der Waals surface area contributed by atoms with Crippen molar-refractivity contribution in [3.05, 3.63) is 23.9 Å². The molecule has 1 aliphatic rings. The van der Waals surface area contributed by atoms with E-state index in [-0.39, 0.29) is 5.92 Å². The number of hydrogen-bond acceptors (Lipinski definition) is 3. The third-order valence-electron chi connectivity index (χ3n) is 4.59. The van der Waals surface area contributed by atoms with Crippen LogP contribution in [0.15, 0.2) is 12.4 Å². The number of imidazole rings is 2. The number of nitrogens with zero attached hydrogens (tertiary/aromatic N) is 3. The van der Waals surface area contributed by atoms with Gasteiger partial charge in [0.1, 0.15) is 11.5 Å². The molecule has 0 saturated heterocycles. The molecule has 2 N–H and O–H groups in total. The van der Waals surface area contributed by atoms with Crippen LogP contribution in [0.25, 0.3) is 11.5 Å². The minimum absolute atomic E-state index is 0.193. The molecule has 118 valence electrons. The summed E-state index contributed by atoms with van der Waals surface area (Å²) in [4.78, 5) is 23.5. The third-order valence-corrected chi connectivity index (χ3v) is 4.59. The number of carbonyl (C=O) groups is 1. The van der Waals surface area contributed by atoms with Crippen LogP contribution < -0.4 is 0 Å². The Morgan fingerprint density at radius 1 is 1.41 bits per heavy atom. The SMILES string of the molecule is CCc1nc(-c2nccn2C2CCC(C(=O)O)CC2)c(C)[nH]1. The van der Waals surface area contributed by atoms with Gasteiger partial charge in [-0.3, -0.25) is 4.79 Å². The molecule has 1 fully saturated rings. The molecule has 3 rings (SSSR count). The van der Waals surface area contributed by atoms with Crippen molar-refractivity contribution < 1.29 is 9.90 Å². The van der Waals surface area contributed by atoms with E-state index in [0.29, 0.717) is 6.04 Å². The highest BCUT2D eigenvalue weighted by Crippen LogP contribution is 2.35. The predicted molar refractivity (Wildman–Crippen MR) is 82.6 cm³/mol. The highest BCUT2D eigenvalue weighted by molar-refractivity contribution is 5.70. The second kappa shape index (κ2) is 5.94. The molecule has 0 amide bonds. The first-order valence-electron chi connectivity index (χ1n) is 7.91. The number of carboxylic acid groups (broad SMARTS) is 1. The fraction of sp³-hybridized carbons (Fsp3) is 0.562. The largest absolute Gasteiger partial charge is 0.481 e. The number of aryl methyl sites for hydroxylation is 2. The Kier molecular flexibility index (Phi) is 4.00. The van der Waals surface area contributed by atoms with E-state index in [1.165, 1.54) is 0 Å². The molecular weight excluding hydrogens is 280 g/mol. The summed E-state index contributed by atoms with van der Waals surface area (Å²) in [6.45, 7) is 4.09. The zero-order valence-corrected chi connectivity index (χ0v) is 13.0. The molecule has 0 unspecified atom stereocenters. The van der Waals surface area contributed by atoms with E-state index >= 15 is 0 Å². The quantitative estimate of drug-likeness (QED) is 0.909. The zero-order valence-electron chi connectivity index (χ0n) is 13.0. The van der Waals surface area contributed by atoms with Crippen LogP contribution in [-0.4, -0.2) is 30.6 Å². The molecule has 1 saturated carbocycles. The molecule has 0 atom stereocenters. The molecule has 0 spiro atoms. The number of nitrogens with one attached hydrogen (secondary N) is 1. The number of aromatic amines is 1. The number of carboxylic acids is 1. The highest BCUT2D eigenvalue weighted by atomic mass is 16.4. The first kappa shape index (κ1) is 14.8. The maximum atomic E-state index is 11.1. The van der Waals surface area contributed by atoms with Gasteiger partial charge in [0.05, 0.1) is 5.92 Å². The van der Waals surface area contributed by atoms with Crippen molar-refractivity contribution in [3.63, 3.8) is 0 Å². The Hall–Kier alpha value is -2.11. The van der Waals surface area contributed by atoms with E-state index in [1.54, 1.807) is 6.20 Å². The summed E-state index contributed by atoms with van der Waals surface area (Å²) >= 11 is 0. The van der Waals surface area contributed by atoms with E-state index in [2.05, 4.69) is 26.4 Å². The lowest BCUT2D eigenvalue weighted by Gasteiger charge is -2.28. The molecule has 0 radical (unpaired) electrons. The minimum Gasteiger partial charge on any atom is -0.481 e. The van der Waals surface area contributed by atoms with Crippen molar-refractivity contribution in [3.8, 4) is 11.5 Å². The molecule has 6 nitrogen and oxygen atoms in total. The summed E-state index contributed by atoms with van der Waals surface area (Å²) in [5, 5.41) is 9.12. The normalized spacial score (nSPS) is 21.9. The Labute approximate surface area is 129 Å². The Morgan fingerprint density at radius 3 is 2.73 bits per heavy atom. The van der Waals surface area contributed by atoms with E-state index in [4.69, 9.17) is 5.11 Å². The van der Waals surface area contributed by atoms with Gasteiger partial charge in [-0.2, -0.15) is 0 Å². The van der Waals surface area contributed by atoms with Crippen molar-refractivity contribution >= 4 is 5.97 Å². The molecule has 2 heterocycles. The van der Waals surface area contributed by atoms with Gasteiger partial charge in [-0.25, -0.2) is 9.97 Å². The summed E-state index contributed by atoms with van der Waals surface area (Å²) in [5.41, 5.74) is 1.94. The molecule has 0 aliphatic heterocycles. The molecular formula is C16H22N4O2.